The summed E-state index contributed by atoms with van der Waals surface area (Å²) in [5.74, 6) is -1.61. The zero-order valence-electron chi connectivity index (χ0n) is 24.9. The molecule has 4 aromatic carbocycles. The fourth-order valence-electron chi connectivity index (χ4n) is 4.72. The molecule has 4 rings (SSSR count). The molecule has 0 radical (unpaired) electrons. The van der Waals surface area contributed by atoms with E-state index < -0.39 is 40.2 Å². The van der Waals surface area contributed by atoms with E-state index in [0.29, 0.717) is 6.54 Å². The van der Waals surface area contributed by atoms with Gasteiger partial charge in [0.2, 0.25) is 11.8 Å². The molecule has 0 bridgehead atoms. The Kier molecular flexibility index (Phi) is 11.6. The fourth-order valence-corrected chi connectivity index (χ4v) is 6.65. The summed E-state index contributed by atoms with van der Waals surface area (Å²) in [6.45, 7) is 3.23. The van der Waals surface area contributed by atoms with Gasteiger partial charge in [0, 0.05) is 35.1 Å². The number of nitrogens with one attached hydrogen (secondary N) is 1. The lowest BCUT2D eigenvalue weighted by Gasteiger charge is -2.34. The van der Waals surface area contributed by atoms with Crippen LogP contribution in [0.15, 0.2) is 108 Å². The van der Waals surface area contributed by atoms with E-state index in [4.69, 9.17) is 23.2 Å². The number of amides is 2. The first-order valence-electron chi connectivity index (χ1n) is 14.3. The minimum absolute atomic E-state index is 0.0550. The van der Waals surface area contributed by atoms with E-state index in [1.54, 1.807) is 24.3 Å². The largest absolute Gasteiger partial charge is 0.354 e. The normalized spacial score (nSPS) is 12.0. The first kappa shape index (κ1) is 34.0. The van der Waals surface area contributed by atoms with Crippen LogP contribution in [0.3, 0.4) is 0 Å². The number of benzene rings is 4. The van der Waals surface area contributed by atoms with E-state index in [2.05, 4.69) is 5.32 Å². The number of carbonyl (C=O) groups is 2. The summed E-state index contributed by atoms with van der Waals surface area (Å²) in [4.78, 5) is 29.4. The Balaban J connectivity index is 1.82. The summed E-state index contributed by atoms with van der Waals surface area (Å²) >= 11 is 12.5. The first-order valence-corrected chi connectivity index (χ1v) is 16.5. The van der Waals surface area contributed by atoms with Crippen molar-refractivity contribution in [2.75, 3.05) is 17.4 Å². The average Bonchev–Trinajstić information content (AvgIpc) is 3.01. The van der Waals surface area contributed by atoms with Crippen LogP contribution in [0.1, 0.15) is 25.0 Å². The third-order valence-corrected chi connectivity index (χ3v) is 9.22. The van der Waals surface area contributed by atoms with E-state index in [9.17, 15) is 18.0 Å². The number of carbonyl (C=O) groups excluding carboxylic acids is 2. The molecule has 0 aromatic heterocycles. The predicted molar refractivity (Wildman–Crippen MR) is 176 cm³/mol. The van der Waals surface area contributed by atoms with Crippen molar-refractivity contribution < 1.29 is 22.4 Å². The molecule has 0 saturated heterocycles. The van der Waals surface area contributed by atoms with Crippen molar-refractivity contribution in [3.8, 4) is 0 Å². The number of anilines is 1. The van der Waals surface area contributed by atoms with Gasteiger partial charge < -0.3 is 10.2 Å². The van der Waals surface area contributed by atoms with Gasteiger partial charge in [-0.05, 0) is 47.9 Å². The van der Waals surface area contributed by atoms with Crippen LogP contribution < -0.4 is 9.62 Å². The molecule has 0 aliphatic carbocycles. The first-order chi connectivity index (χ1) is 21.5. The topological polar surface area (TPSA) is 86.8 Å². The molecule has 2 amide bonds. The molecule has 1 unspecified atom stereocenters. The van der Waals surface area contributed by atoms with Gasteiger partial charge in [0.25, 0.3) is 10.0 Å². The third kappa shape index (κ3) is 9.06. The second-order valence-corrected chi connectivity index (χ2v) is 13.6. The maximum Gasteiger partial charge on any atom is 0.264 e. The highest BCUT2D eigenvalue weighted by Crippen LogP contribution is 2.30. The Morgan fingerprint density at radius 2 is 1.42 bits per heavy atom. The van der Waals surface area contributed by atoms with Crippen molar-refractivity contribution in [1.82, 2.24) is 10.2 Å². The predicted octanol–water partition coefficient (Wildman–Crippen LogP) is 6.74. The molecule has 1 atom stereocenters. The Hall–Kier alpha value is -3.92. The van der Waals surface area contributed by atoms with Gasteiger partial charge in [0.05, 0.1) is 10.6 Å². The molecule has 45 heavy (non-hydrogen) atoms. The molecule has 11 heteroatoms. The van der Waals surface area contributed by atoms with E-state index in [-0.39, 0.29) is 45.1 Å². The van der Waals surface area contributed by atoms with E-state index in [1.165, 1.54) is 53.4 Å². The molecule has 236 valence electrons. The van der Waals surface area contributed by atoms with E-state index in [0.717, 1.165) is 9.87 Å². The van der Waals surface area contributed by atoms with Gasteiger partial charge in [0.15, 0.2) is 0 Å². The summed E-state index contributed by atoms with van der Waals surface area (Å²) in [5.41, 5.74) is 0.993. The number of hydrogen-bond acceptors (Lipinski definition) is 4. The van der Waals surface area contributed by atoms with Crippen LogP contribution in [0.5, 0.6) is 0 Å². The quantitative estimate of drug-likeness (QED) is 0.171. The van der Waals surface area contributed by atoms with Crippen LogP contribution in [0.25, 0.3) is 0 Å². The summed E-state index contributed by atoms with van der Waals surface area (Å²) in [5, 5.41) is 3.23. The highest BCUT2D eigenvalue weighted by Gasteiger charge is 2.35. The Morgan fingerprint density at radius 3 is 2.02 bits per heavy atom. The standard InChI is InChI=1S/C34H34Cl2FN3O4S/c1-24(2)21-38-34(42)32(17-25-11-5-3-6-12-25)39(22-26-13-9-10-16-31(26)37)33(41)23-40(29-19-27(35)18-28(36)20-29)45(43,44)30-14-7-4-8-15-30/h3-16,18-20,24,32H,17,21-23H2,1-2H3,(H,38,42). The second kappa shape index (κ2) is 15.4. The molecule has 0 spiro atoms. The molecular weight excluding hydrogens is 636 g/mol. The van der Waals surface area contributed by atoms with Gasteiger partial charge in [-0.1, -0.05) is 104 Å². The van der Waals surface area contributed by atoms with Crippen molar-refractivity contribution >= 4 is 50.7 Å². The SMILES string of the molecule is CC(C)CNC(=O)C(Cc1ccccc1)N(Cc1ccccc1F)C(=O)CN(c1cc(Cl)cc(Cl)c1)S(=O)(=O)c1ccccc1. The maximum atomic E-state index is 15.0. The van der Waals surface area contributed by atoms with Gasteiger partial charge in [-0.25, -0.2) is 12.8 Å². The van der Waals surface area contributed by atoms with Crippen LogP contribution in [-0.4, -0.2) is 44.3 Å². The van der Waals surface area contributed by atoms with Crippen molar-refractivity contribution in [3.05, 3.63) is 130 Å². The number of nitrogens with zero attached hydrogens (tertiary/aromatic N) is 2. The van der Waals surface area contributed by atoms with Gasteiger partial charge in [-0.3, -0.25) is 13.9 Å². The number of halogens is 3. The summed E-state index contributed by atoms with van der Waals surface area (Å²) in [6.07, 6.45) is 0.111. The van der Waals surface area contributed by atoms with Crippen LogP contribution in [0, 0.1) is 11.7 Å². The summed E-state index contributed by atoms with van der Waals surface area (Å²) in [7, 11) is -4.33. The summed E-state index contributed by atoms with van der Waals surface area (Å²) < 4.78 is 44.0. The van der Waals surface area contributed by atoms with Crippen molar-refractivity contribution in [1.29, 1.82) is 0 Å². The monoisotopic (exact) mass is 669 g/mol. The molecule has 0 aliphatic heterocycles. The summed E-state index contributed by atoms with van der Waals surface area (Å²) in [6, 6.07) is 25.8. The van der Waals surface area contributed by atoms with Crippen molar-refractivity contribution in [3.63, 3.8) is 0 Å². The van der Waals surface area contributed by atoms with E-state index in [1.807, 2.05) is 44.2 Å². The maximum absolute atomic E-state index is 15.0. The van der Waals surface area contributed by atoms with Crippen molar-refractivity contribution in [2.24, 2.45) is 5.92 Å². The van der Waals surface area contributed by atoms with Crippen LogP contribution in [0.2, 0.25) is 10.0 Å². The van der Waals surface area contributed by atoms with Crippen molar-refractivity contribution in [2.45, 2.75) is 37.8 Å². The fraction of sp³-hybridized carbons (Fsp3) is 0.235. The lowest BCUT2D eigenvalue weighted by molar-refractivity contribution is -0.140. The average molecular weight is 671 g/mol. The lowest BCUT2D eigenvalue weighted by Crippen LogP contribution is -2.53. The van der Waals surface area contributed by atoms with Crippen LogP contribution >= 0.6 is 23.2 Å². The Morgan fingerprint density at radius 1 is 0.844 bits per heavy atom. The van der Waals surface area contributed by atoms with Gasteiger partial charge in [0.1, 0.15) is 18.4 Å². The van der Waals surface area contributed by atoms with Gasteiger partial charge in [-0.15, -0.1) is 0 Å². The second-order valence-electron chi connectivity index (χ2n) is 10.9. The lowest BCUT2D eigenvalue weighted by atomic mass is 10.0. The minimum atomic E-state index is -4.33. The molecule has 0 heterocycles. The Labute approximate surface area is 273 Å². The number of sulfonamides is 1. The molecule has 0 aliphatic rings. The highest BCUT2D eigenvalue weighted by molar-refractivity contribution is 7.92. The minimum Gasteiger partial charge on any atom is -0.354 e. The Bertz CT molecular complexity index is 1700. The molecule has 7 nitrogen and oxygen atoms in total. The zero-order chi connectivity index (χ0) is 32.6. The molecular formula is C34H34Cl2FN3O4S. The smallest absolute Gasteiger partial charge is 0.264 e. The number of rotatable bonds is 13. The molecule has 0 fully saturated rings. The molecule has 0 saturated carbocycles. The van der Waals surface area contributed by atoms with Crippen LogP contribution in [0.4, 0.5) is 10.1 Å². The third-order valence-electron chi connectivity index (χ3n) is 7.00. The zero-order valence-corrected chi connectivity index (χ0v) is 27.2. The van der Waals surface area contributed by atoms with Crippen LogP contribution in [-0.2, 0) is 32.6 Å². The molecule has 4 aromatic rings. The van der Waals surface area contributed by atoms with E-state index >= 15 is 4.39 Å². The van der Waals surface area contributed by atoms with Gasteiger partial charge >= 0.3 is 0 Å². The van der Waals surface area contributed by atoms with Gasteiger partial charge in [-0.2, -0.15) is 0 Å². The number of hydrogen-bond donors (Lipinski definition) is 1. The highest BCUT2D eigenvalue weighted by atomic mass is 35.5. The molecule has 1 N–H and O–H groups in total.